The monoisotopic (exact) mass is 396 g/mol. The van der Waals surface area contributed by atoms with Gasteiger partial charge in [-0.3, -0.25) is 9.78 Å². The molecule has 0 bridgehead atoms. The first-order valence-corrected chi connectivity index (χ1v) is 9.64. The molecule has 2 aromatic rings. The molecule has 7 nitrogen and oxygen atoms in total. The third-order valence-electron chi connectivity index (χ3n) is 5.05. The summed E-state index contributed by atoms with van der Waals surface area (Å²) in [5.41, 5.74) is 1.21. The summed E-state index contributed by atoms with van der Waals surface area (Å²) in [6, 6.07) is 12.2. The number of carbonyl (C=O) groups is 3. The van der Waals surface area contributed by atoms with Gasteiger partial charge >= 0.3 is 12.1 Å². The van der Waals surface area contributed by atoms with Crippen molar-refractivity contribution < 1.29 is 23.9 Å². The summed E-state index contributed by atoms with van der Waals surface area (Å²) in [7, 11) is 0. The van der Waals surface area contributed by atoms with E-state index in [2.05, 4.69) is 4.98 Å². The fraction of sp³-hybridized carbons (Fsp3) is 0.364. The molecule has 0 radical (unpaired) electrons. The Bertz CT molecular complexity index is 841. The molecule has 152 valence electrons. The van der Waals surface area contributed by atoms with Crippen molar-refractivity contribution in [3.8, 4) is 0 Å². The topological polar surface area (TPSA) is 85.8 Å². The lowest BCUT2D eigenvalue weighted by molar-refractivity contribution is -0.120. The number of piperidine rings is 1. The van der Waals surface area contributed by atoms with Crippen molar-refractivity contribution in [2.75, 3.05) is 13.3 Å². The second kappa shape index (κ2) is 9.82. The second-order valence-corrected chi connectivity index (χ2v) is 6.95. The van der Waals surface area contributed by atoms with Crippen molar-refractivity contribution in [3.05, 3.63) is 66.0 Å². The number of carbonyl (C=O) groups excluding carboxylic acids is 3. The molecule has 1 aliphatic rings. The third kappa shape index (κ3) is 5.19. The number of pyridine rings is 1. The van der Waals surface area contributed by atoms with E-state index >= 15 is 0 Å². The molecule has 0 aliphatic carbocycles. The van der Waals surface area contributed by atoms with E-state index in [1.165, 1.54) is 24.5 Å². The maximum absolute atomic E-state index is 12.7. The number of Topliss-reactive ketones (excluding diaryl/α,β-unsaturated/α-hetero) is 1. The molecule has 1 saturated heterocycles. The maximum Gasteiger partial charge on any atom is 0.412 e. The fourth-order valence-electron chi connectivity index (χ4n) is 3.71. The molecule has 1 aromatic carbocycles. The zero-order valence-electron chi connectivity index (χ0n) is 16.3. The molecule has 2 heterocycles. The minimum Gasteiger partial charge on any atom is -0.424 e. The first-order chi connectivity index (χ1) is 14.1. The van der Waals surface area contributed by atoms with Crippen LogP contribution in [0.1, 0.15) is 48.0 Å². The Morgan fingerprint density at radius 3 is 2.48 bits per heavy atom. The van der Waals surface area contributed by atoms with E-state index in [1.807, 2.05) is 30.3 Å². The number of ether oxygens (including phenoxy) is 2. The van der Waals surface area contributed by atoms with Gasteiger partial charge in [-0.15, -0.1) is 0 Å². The highest BCUT2D eigenvalue weighted by Gasteiger charge is 2.37. The number of amides is 1. The van der Waals surface area contributed by atoms with Crippen LogP contribution in [0.15, 0.2) is 54.9 Å². The summed E-state index contributed by atoms with van der Waals surface area (Å²) >= 11 is 0. The van der Waals surface area contributed by atoms with E-state index < -0.39 is 24.8 Å². The fourth-order valence-corrected chi connectivity index (χ4v) is 3.71. The van der Waals surface area contributed by atoms with Crippen LogP contribution in [0.4, 0.5) is 4.79 Å². The SMILES string of the molecule is CC(=O)C(c1ccccc1)C1CCCCN1C(=O)OCOC(=O)c1ccncc1. The molecule has 1 aliphatic heterocycles. The van der Waals surface area contributed by atoms with Gasteiger partial charge in [0.25, 0.3) is 0 Å². The van der Waals surface area contributed by atoms with E-state index in [4.69, 9.17) is 9.47 Å². The lowest BCUT2D eigenvalue weighted by Crippen LogP contribution is -2.48. The summed E-state index contributed by atoms with van der Waals surface area (Å²) < 4.78 is 10.2. The van der Waals surface area contributed by atoms with E-state index in [1.54, 1.807) is 11.8 Å². The number of benzene rings is 1. The summed E-state index contributed by atoms with van der Waals surface area (Å²) in [6.07, 6.45) is 4.85. The van der Waals surface area contributed by atoms with Gasteiger partial charge in [-0.05, 0) is 43.9 Å². The van der Waals surface area contributed by atoms with Crippen LogP contribution in [0, 0.1) is 0 Å². The van der Waals surface area contributed by atoms with Crippen LogP contribution < -0.4 is 0 Å². The van der Waals surface area contributed by atoms with Crippen LogP contribution in [-0.2, 0) is 14.3 Å². The standard InChI is InChI=1S/C22H24N2O5/c1-16(25)20(17-7-3-2-4-8-17)19-9-5-6-14-24(19)22(27)29-15-28-21(26)18-10-12-23-13-11-18/h2-4,7-8,10-13,19-20H,5-6,9,14-15H2,1H3. The lowest BCUT2D eigenvalue weighted by Gasteiger charge is -2.38. The van der Waals surface area contributed by atoms with Crippen LogP contribution in [0.3, 0.4) is 0 Å². The first-order valence-electron chi connectivity index (χ1n) is 9.64. The number of ketones is 1. The van der Waals surface area contributed by atoms with Crippen molar-refractivity contribution in [2.24, 2.45) is 0 Å². The quantitative estimate of drug-likeness (QED) is 0.548. The second-order valence-electron chi connectivity index (χ2n) is 6.95. The summed E-state index contributed by atoms with van der Waals surface area (Å²) in [5, 5.41) is 0. The van der Waals surface area contributed by atoms with Crippen LogP contribution in [-0.4, -0.2) is 47.1 Å². The van der Waals surface area contributed by atoms with Crippen LogP contribution >= 0.6 is 0 Å². The largest absolute Gasteiger partial charge is 0.424 e. The molecule has 7 heteroatoms. The average Bonchev–Trinajstić information content (AvgIpc) is 2.75. The molecule has 2 unspecified atom stereocenters. The summed E-state index contributed by atoms with van der Waals surface area (Å²) in [4.78, 5) is 42.5. The van der Waals surface area contributed by atoms with Gasteiger partial charge in [-0.2, -0.15) is 0 Å². The van der Waals surface area contributed by atoms with Gasteiger partial charge in [0, 0.05) is 25.0 Å². The van der Waals surface area contributed by atoms with Gasteiger partial charge in [0.2, 0.25) is 6.79 Å². The van der Waals surface area contributed by atoms with Crippen LogP contribution in [0.2, 0.25) is 0 Å². The number of hydrogen-bond acceptors (Lipinski definition) is 6. The molecule has 29 heavy (non-hydrogen) atoms. The normalized spacial score (nSPS) is 17.3. The zero-order valence-corrected chi connectivity index (χ0v) is 16.3. The Balaban J connectivity index is 1.64. The third-order valence-corrected chi connectivity index (χ3v) is 5.05. The van der Waals surface area contributed by atoms with Gasteiger partial charge in [0.05, 0.1) is 11.5 Å². The van der Waals surface area contributed by atoms with Crippen LogP contribution in [0.5, 0.6) is 0 Å². The highest BCUT2D eigenvalue weighted by atomic mass is 16.7. The Kier molecular flexibility index (Phi) is 6.94. The molecular formula is C22H24N2O5. The molecule has 3 rings (SSSR count). The molecule has 0 N–H and O–H groups in total. The summed E-state index contributed by atoms with van der Waals surface area (Å²) in [5.74, 6) is -1.00. The number of nitrogens with zero attached hydrogens (tertiary/aromatic N) is 2. The van der Waals surface area contributed by atoms with Gasteiger partial charge in [-0.1, -0.05) is 30.3 Å². The minimum atomic E-state index is -0.596. The van der Waals surface area contributed by atoms with Crippen molar-refractivity contribution in [2.45, 2.75) is 38.1 Å². The predicted molar refractivity (Wildman–Crippen MR) is 105 cm³/mol. The van der Waals surface area contributed by atoms with E-state index in [9.17, 15) is 14.4 Å². The van der Waals surface area contributed by atoms with E-state index in [0.717, 1.165) is 18.4 Å². The van der Waals surface area contributed by atoms with Crippen molar-refractivity contribution in [1.29, 1.82) is 0 Å². The van der Waals surface area contributed by atoms with Gasteiger partial charge in [0.15, 0.2) is 0 Å². The Hall–Kier alpha value is -3.22. The number of rotatable bonds is 6. The number of aromatic nitrogens is 1. The van der Waals surface area contributed by atoms with E-state index in [0.29, 0.717) is 18.5 Å². The number of hydrogen-bond donors (Lipinski definition) is 0. The van der Waals surface area contributed by atoms with Gasteiger partial charge < -0.3 is 14.4 Å². The highest BCUT2D eigenvalue weighted by Crippen LogP contribution is 2.31. The first kappa shape index (κ1) is 20.5. The van der Waals surface area contributed by atoms with Crippen molar-refractivity contribution >= 4 is 17.8 Å². The van der Waals surface area contributed by atoms with Gasteiger partial charge in [-0.25, -0.2) is 9.59 Å². The molecule has 1 fully saturated rings. The van der Waals surface area contributed by atoms with Gasteiger partial charge in [0.1, 0.15) is 5.78 Å². The predicted octanol–water partition coefficient (Wildman–Crippen LogP) is 3.56. The Morgan fingerprint density at radius 2 is 1.79 bits per heavy atom. The molecule has 2 atom stereocenters. The minimum absolute atomic E-state index is 0.00464. The van der Waals surface area contributed by atoms with Crippen molar-refractivity contribution in [1.82, 2.24) is 9.88 Å². The average molecular weight is 396 g/mol. The number of likely N-dealkylation sites (tertiary alicyclic amines) is 1. The lowest BCUT2D eigenvalue weighted by atomic mass is 9.83. The summed E-state index contributed by atoms with van der Waals surface area (Å²) in [6.45, 7) is 1.56. The van der Waals surface area contributed by atoms with Crippen molar-refractivity contribution in [3.63, 3.8) is 0 Å². The highest BCUT2D eigenvalue weighted by molar-refractivity contribution is 5.89. The van der Waals surface area contributed by atoms with Crippen LogP contribution in [0.25, 0.3) is 0 Å². The Labute approximate surface area is 169 Å². The van der Waals surface area contributed by atoms with E-state index in [-0.39, 0.29) is 11.8 Å². The molecule has 1 aromatic heterocycles. The molecular weight excluding hydrogens is 372 g/mol. The Morgan fingerprint density at radius 1 is 1.07 bits per heavy atom. The zero-order chi connectivity index (χ0) is 20.6. The smallest absolute Gasteiger partial charge is 0.412 e. The molecule has 0 spiro atoms. The molecule has 1 amide bonds. The molecule has 0 saturated carbocycles. The number of esters is 1. The maximum atomic E-state index is 12.7.